The van der Waals surface area contributed by atoms with Gasteiger partial charge in [0.05, 0.1) is 12.3 Å². The van der Waals surface area contributed by atoms with E-state index in [0.717, 1.165) is 32.0 Å². The van der Waals surface area contributed by atoms with Crippen molar-refractivity contribution >= 4 is 50.5 Å². The summed E-state index contributed by atoms with van der Waals surface area (Å²) in [5.41, 5.74) is 1.46. The highest BCUT2D eigenvalue weighted by Gasteiger charge is 2.24. The quantitative estimate of drug-likeness (QED) is 0.441. The zero-order valence-electron chi connectivity index (χ0n) is 16.9. The van der Waals surface area contributed by atoms with Crippen LogP contribution >= 0.6 is 22.7 Å². The molecule has 4 aromatic heterocycles. The summed E-state index contributed by atoms with van der Waals surface area (Å²) in [6.07, 6.45) is 0. The van der Waals surface area contributed by atoms with Crippen LogP contribution in [-0.2, 0) is 16.1 Å². The van der Waals surface area contributed by atoms with E-state index in [1.165, 1.54) is 11.3 Å². The molecule has 0 spiro atoms. The number of thiophene rings is 2. The Labute approximate surface area is 184 Å². The smallest absolute Gasteiger partial charge is 0.369 e. The van der Waals surface area contributed by atoms with Crippen LogP contribution in [0.1, 0.15) is 27.9 Å². The number of aryl methyl sites for hydroxylation is 2. The normalized spacial score (nSPS) is 11.1. The van der Waals surface area contributed by atoms with Crippen LogP contribution in [0.2, 0.25) is 0 Å². The van der Waals surface area contributed by atoms with Crippen LogP contribution in [0.3, 0.4) is 0 Å². The van der Waals surface area contributed by atoms with Crippen molar-refractivity contribution in [2.75, 3.05) is 11.9 Å². The van der Waals surface area contributed by atoms with Crippen LogP contribution in [0.15, 0.2) is 28.4 Å². The predicted octanol–water partition coefficient (Wildman–Crippen LogP) is 2.53. The minimum Gasteiger partial charge on any atom is -0.462 e. The Morgan fingerprint density at radius 3 is 2.77 bits per heavy atom. The van der Waals surface area contributed by atoms with Crippen molar-refractivity contribution in [2.24, 2.45) is 0 Å². The summed E-state index contributed by atoms with van der Waals surface area (Å²) in [6, 6.07) is 5.39. The first-order chi connectivity index (χ1) is 14.9. The van der Waals surface area contributed by atoms with Crippen LogP contribution in [0.4, 0.5) is 5.69 Å². The number of pyridine rings is 1. The van der Waals surface area contributed by atoms with Crippen LogP contribution in [0.5, 0.6) is 0 Å². The van der Waals surface area contributed by atoms with Gasteiger partial charge in [0, 0.05) is 11.1 Å². The third-order valence-electron chi connectivity index (χ3n) is 4.36. The number of esters is 1. The van der Waals surface area contributed by atoms with E-state index >= 15 is 0 Å². The lowest BCUT2D eigenvalue weighted by Crippen LogP contribution is -2.29. The van der Waals surface area contributed by atoms with E-state index in [-0.39, 0.29) is 18.0 Å². The molecule has 0 atom stereocenters. The van der Waals surface area contributed by atoms with Gasteiger partial charge >= 0.3 is 11.7 Å². The number of hydrogen-bond donors (Lipinski definition) is 1. The molecule has 1 N–H and O–H groups in total. The molecule has 0 saturated heterocycles. The summed E-state index contributed by atoms with van der Waals surface area (Å²) in [6.45, 7) is 5.29. The van der Waals surface area contributed by atoms with Gasteiger partial charge in [0.15, 0.2) is 0 Å². The Morgan fingerprint density at radius 2 is 2.06 bits per heavy atom. The molecule has 160 valence electrons. The van der Waals surface area contributed by atoms with Gasteiger partial charge in [-0.1, -0.05) is 0 Å². The summed E-state index contributed by atoms with van der Waals surface area (Å²) in [7, 11) is 0. The van der Waals surface area contributed by atoms with E-state index in [1.807, 2.05) is 25.3 Å². The van der Waals surface area contributed by atoms with Gasteiger partial charge in [-0.3, -0.25) is 4.79 Å². The number of carbonyl (C=O) groups is 2. The molecule has 0 aromatic carbocycles. The van der Waals surface area contributed by atoms with E-state index < -0.39 is 17.6 Å². The van der Waals surface area contributed by atoms with E-state index in [1.54, 1.807) is 19.1 Å². The number of rotatable bonds is 6. The van der Waals surface area contributed by atoms with Gasteiger partial charge in [-0.2, -0.15) is 9.36 Å². The molecule has 12 heteroatoms. The van der Waals surface area contributed by atoms with Crippen molar-refractivity contribution in [1.82, 2.24) is 24.8 Å². The highest BCUT2D eigenvalue weighted by atomic mass is 32.1. The van der Waals surface area contributed by atoms with E-state index in [4.69, 9.17) is 4.74 Å². The SMILES string of the molecule is CCOC(=O)c1sc2nc(C)cc(C)c2c1NC(=O)Cn1nnn(-c2cccs2)c1=O. The number of carbonyl (C=O) groups excluding carboxylic acids is 2. The topological polar surface area (TPSA) is 121 Å². The average molecular weight is 459 g/mol. The van der Waals surface area contributed by atoms with Gasteiger partial charge in [-0.15, -0.1) is 22.7 Å². The fourth-order valence-corrected chi connectivity index (χ4v) is 4.93. The van der Waals surface area contributed by atoms with Crippen LogP contribution in [0, 0.1) is 13.8 Å². The molecule has 4 rings (SSSR count). The number of hydrogen-bond acceptors (Lipinski definition) is 9. The largest absolute Gasteiger partial charge is 0.462 e. The molecule has 0 unspecified atom stereocenters. The molecule has 0 saturated carbocycles. The Hall–Kier alpha value is -3.38. The maximum absolute atomic E-state index is 12.8. The Balaban J connectivity index is 1.66. The first-order valence-corrected chi connectivity index (χ1v) is 11.0. The zero-order valence-corrected chi connectivity index (χ0v) is 18.5. The van der Waals surface area contributed by atoms with Crippen molar-refractivity contribution in [3.8, 4) is 5.00 Å². The second-order valence-electron chi connectivity index (χ2n) is 6.62. The van der Waals surface area contributed by atoms with Crippen molar-refractivity contribution in [3.05, 3.63) is 50.2 Å². The lowest BCUT2D eigenvalue weighted by molar-refractivity contribution is -0.117. The third-order valence-corrected chi connectivity index (χ3v) is 6.27. The number of nitrogens with one attached hydrogen (secondary N) is 1. The molecule has 4 heterocycles. The zero-order chi connectivity index (χ0) is 22.1. The lowest BCUT2D eigenvalue weighted by atomic mass is 10.1. The van der Waals surface area contributed by atoms with Crippen molar-refractivity contribution in [2.45, 2.75) is 27.3 Å². The minimum atomic E-state index is -0.543. The van der Waals surface area contributed by atoms with Crippen molar-refractivity contribution < 1.29 is 14.3 Å². The molecule has 0 aliphatic rings. The lowest BCUT2D eigenvalue weighted by Gasteiger charge is -2.08. The highest BCUT2D eigenvalue weighted by molar-refractivity contribution is 7.21. The van der Waals surface area contributed by atoms with Gasteiger partial charge in [0.25, 0.3) is 0 Å². The molecule has 31 heavy (non-hydrogen) atoms. The molecular formula is C19H18N6O4S2. The fourth-order valence-electron chi connectivity index (χ4n) is 3.12. The molecule has 0 fully saturated rings. The standard InChI is InChI=1S/C19H18N6O4S2/c1-4-29-18(27)16-15(14-10(2)8-11(3)20-17(14)31-16)21-12(26)9-24-19(28)25(23-22-24)13-6-5-7-30-13/h5-8H,4,9H2,1-3H3,(H,21,26). The molecule has 10 nitrogen and oxygen atoms in total. The van der Waals surface area contributed by atoms with E-state index in [0.29, 0.717) is 20.9 Å². The van der Waals surface area contributed by atoms with Crippen LogP contribution in [0.25, 0.3) is 15.2 Å². The minimum absolute atomic E-state index is 0.202. The van der Waals surface area contributed by atoms with Gasteiger partial charge < -0.3 is 10.1 Å². The molecule has 0 aliphatic heterocycles. The predicted molar refractivity (Wildman–Crippen MR) is 117 cm³/mol. The summed E-state index contributed by atoms with van der Waals surface area (Å²) < 4.78 is 7.23. The molecule has 0 radical (unpaired) electrons. The number of nitrogens with zero attached hydrogens (tertiary/aromatic N) is 5. The summed E-state index contributed by atoms with van der Waals surface area (Å²) in [5.74, 6) is -1.07. The number of fused-ring (bicyclic) bond motifs is 1. The van der Waals surface area contributed by atoms with Gasteiger partial charge in [0.2, 0.25) is 5.91 Å². The second-order valence-corrected chi connectivity index (χ2v) is 8.54. The molecule has 4 aromatic rings. The monoisotopic (exact) mass is 458 g/mol. The fraction of sp³-hybridized carbons (Fsp3) is 0.263. The molecule has 1 amide bonds. The van der Waals surface area contributed by atoms with Crippen LogP contribution in [-0.4, -0.2) is 43.3 Å². The number of anilines is 1. The van der Waals surface area contributed by atoms with E-state index in [9.17, 15) is 14.4 Å². The van der Waals surface area contributed by atoms with E-state index in [2.05, 4.69) is 20.7 Å². The maximum Gasteiger partial charge on any atom is 0.369 e. The molecule has 0 aliphatic carbocycles. The first kappa shape index (κ1) is 20.9. The van der Waals surface area contributed by atoms with Gasteiger partial charge in [-0.05, 0) is 60.3 Å². The van der Waals surface area contributed by atoms with Gasteiger partial charge in [0.1, 0.15) is 21.3 Å². The number of amides is 1. The number of ether oxygens (including phenoxy) is 1. The Morgan fingerprint density at radius 1 is 1.26 bits per heavy atom. The summed E-state index contributed by atoms with van der Waals surface area (Å²) in [5, 5.41) is 13.4. The van der Waals surface area contributed by atoms with Crippen LogP contribution < -0.4 is 11.0 Å². The molecule has 0 bridgehead atoms. The third kappa shape index (κ3) is 3.99. The average Bonchev–Trinajstić information content (AvgIpc) is 3.42. The highest BCUT2D eigenvalue weighted by Crippen LogP contribution is 2.37. The number of aromatic nitrogens is 5. The van der Waals surface area contributed by atoms with Crippen molar-refractivity contribution in [3.63, 3.8) is 0 Å². The second kappa shape index (κ2) is 8.40. The Kier molecular flexibility index (Phi) is 5.65. The summed E-state index contributed by atoms with van der Waals surface area (Å²) in [4.78, 5) is 43.1. The molecular weight excluding hydrogens is 440 g/mol. The van der Waals surface area contributed by atoms with Gasteiger partial charge in [-0.25, -0.2) is 14.6 Å². The first-order valence-electron chi connectivity index (χ1n) is 9.33. The maximum atomic E-state index is 12.8. The summed E-state index contributed by atoms with van der Waals surface area (Å²) >= 11 is 2.48. The number of tetrazole rings is 1. The Bertz CT molecular complexity index is 1340. The van der Waals surface area contributed by atoms with Crippen molar-refractivity contribution in [1.29, 1.82) is 0 Å².